The number of amides is 1. The summed E-state index contributed by atoms with van der Waals surface area (Å²) in [6, 6.07) is -0.558. The molecule has 1 heterocycles. The van der Waals surface area contributed by atoms with E-state index in [1.54, 1.807) is 6.92 Å². The molecule has 0 aliphatic carbocycles. The molecule has 0 bridgehead atoms. The lowest BCUT2D eigenvalue weighted by Gasteiger charge is -2.36. The monoisotopic (exact) mass is 143 g/mol. The van der Waals surface area contributed by atoms with E-state index in [4.69, 9.17) is 5.11 Å². The molecule has 10 heavy (non-hydrogen) atoms. The minimum atomic E-state index is -0.901. The normalized spacial score (nSPS) is 24.3. The first-order valence-corrected chi connectivity index (χ1v) is 3.19. The van der Waals surface area contributed by atoms with Crippen LogP contribution < -0.4 is 0 Å². The van der Waals surface area contributed by atoms with E-state index in [-0.39, 0.29) is 12.3 Å². The Hall–Kier alpha value is -1.06. The van der Waals surface area contributed by atoms with Gasteiger partial charge < -0.3 is 10.0 Å². The number of hydrogen-bond acceptors (Lipinski definition) is 2. The van der Waals surface area contributed by atoms with E-state index in [2.05, 4.69) is 0 Å². The molecule has 1 rings (SSSR count). The van der Waals surface area contributed by atoms with Crippen LogP contribution in [0.15, 0.2) is 0 Å². The number of hydrogen-bond donors (Lipinski definition) is 1. The molecule has 1 aliphatic heterocycles. The van der Waals surface area contributed by atoms with Crippen molar-refractivity contribution in [2.24, 2.45) is 0 Å². The third-order valence-corrected chi connectivity index (χ3v) is 1.69. The van der Waals surface area contributed by atoms with E-state index < -0.39 is 12.0 Å². The zero-order chi connectivity index (χ0) is 7.72. The average Bonchev–Trinajstić information content (AvgIpc) is 1.83. The van der Waals surface area contributed by atoms with E-state index >= 15 is 0 Å². The fourth-order valence-electron chi connectivity index (χ4n) is 1.07. The maximum absolute atomic E-state index is 10.6. The van der Waals surface area contributed by atoms with Crippen molar-refractivity contribution < 1.29 is 14.7 Å². The van der Waals surface area contributed by atoms with Crippen LogP contribution in [-0.4, -0.2) is 34.5 Å². The lowest BCUT2D eigenvalue weighted by Crippen LogP contribution is -2.56. The van der Waals surface area contributed by atoms with Crippen molar-refractivity contribution in [1.82, 2.24) is 4.90 Å². The third kappa shape index (κ3) is 0.853. The Labute approximate surface area is 58.4 Å². The number of β-lactam (4-membered cyclic amide) rings is 1. The number of carboxylic acids is 1. The highest BCUT2D eigenvalue weighted by molar-refractivity contribution is 5.94. The number of carbonyl (C=O) groups excluding carboxylic acids is 1. The maximum atomic E-state index is 10.6. The van der Waals surface area contributed by atoms with Crippen molar-refractivity contribution in [2.75, 3.05) is 6.54 Å². The van der Waals surface area contributed by atoms with Crippen molar-refractivity contribution in [3.05, 3.63) is 0 Å². The van der Waals surface area contributed by atoms with Crippen LogP contribution in [0.3, 0.4) is 0 Å². The summed E-state index contributed by atoms with van der Waals surface area (Å²) in [4.78, 5) is 22.3. The summed E-state index contributed by atoms with van der Waals surface area (Å²) in [5.41, 5.74) is 0. The van der Waals surface area contributed by atoms with Crippen molar-refractivity contribution in [3.8, 4) is 0 Å². The molecule has 1 fully saturated rings. The Bertz CT molecular complexity index is 170. The molecule has 1 saturated heterocycles. The van der Waals surface area contributed by atoms with Gasteiger partial charge in [-0.05, 0) is 6.92 Å². The summed E-state index contributed by atoms with van der Waals surface area (Å²) < 4.78 is 0. The van der Waals surface area contributed by atoms with E-state index in [1.807, 2.05) is 0 Å². The summed E-state index contributed by atoms with van der Waals surface area (Å²) in [6.07, 6.45) is 0.170. The summed E-state index contributed by atoms with van der Waals surface area (Å²) in [6.45, 7) is 2.27. The van der Waals surface area contributed by atoms with Gasteiger partial charge in [0.15, 0.2) is 0 Å². The van der Waals surface area contributed by atoms with Gasteiger partial charge in [0.25, 0.3) is 0 Å². The molecule has 0 saturated carbocycles. The number of carbonyl (C=O) groups is 2. The van der Waals surface area contributed by atoms with Crippen LogP contribution in [0.5, 0.6) is 0 Å². The minimum absolute atomic E-state index is 0.0603. The molecular weight excluding hydrogens is 134 g/mol. The fraction of sp³-hybridized carbons (Fsp3) is 0.667. The predicted molar refractivity (Wildman–Crippen MR) is 33.4 cm³/mol. The Balaban J connectivity index is 2.53. The number of rotatable bonds is 2. The quantitative estimate of drug-likeness (QED) is 0.539. The van der Waals surface area contributed by atoms with Gasteiger partial charge in [0.2, 0.25) is 5.91 Å². The second-order valence-electron chi connectivity index (χ2n) is 2.24. The SMILES string of the molecule is CCN1C(=O)C[C@H]1C(=O)O. The molecule has 56 valence electrons. The van der Waals surface area contributed by atoms with Gasteiger partial charge in [-0.1, -0.05) is 0 Å². The highest BCUT2D eigenvalue weighted by Gasteiger charge is 2.39. The summed E-state index contributed by atoms with van der Waals surface area (Å²) in [5, 5.41) is 8.46. The maximum Gasteiger partial charge on any atom is 0.326 e. The molecule has 0 unspecified atom stereocenters. The van der Waals surface area contributed by atoms with Crippen LogP contribution in [0, 0.1) is 0 Å². The topological polar surface area (TPSA) is 57.6 Å². The Morgan fingerprint density at radius 1 is 1.90 bits per heavy atom. The van der Waals surface area contributed by atoms with Gasteiger partial charge in [0, 0.05) is 6.54 Å². The van der Waals surface area contributed by atoms with E-state index in [0.717, 1.165) is 0 Å². The zero-order valence-electron chi connectivity index (χ0n) is 5.70. The van der Waals surface area contributed by atoms with Crippen LogP contribution in [0.2, 0.25) is 0 Å². The van der Waals surface area contributed by atoms with Crippen LogP contribution in [0.4, 0.5) is 0 Å². The molecule has 4 heteroatoms. The van der Waals surface area contributed by atoms with E-state index in [0.29, 0.717) is 6.54 Å². The van der Waals surface area contributed by atoms with Gasteiger partial charge in [-0.2, -0.15) is 0 Å². The first kappa shape index (κ1) is 7.05. The van der Waals surface area contributed by atoms with Gasteiger partial charge in [0.05, 0.1) is 6.42 Å². The number of likely N-dealkylation sites (N-methyl/N-ethyl adjacent to an activating group) is 1. The highest BCUT2D eigenvalue weighted by Crippen LogP contribution is 2.17. The second kappa shape index (κ2) is 2.28. The van der Waals surface area contributed by atoms with E-state index in [1.165, 1.54) is 4.90 Å². The Morgan fingerprint density at radius 3 is 2.70 bits per heavy atom. The van der Waals surface area contributed by atoms with Gasteiger partial charge in [-0.25, -0.2) is 4.79 Å². The second-order valence-corrected chi connectivity index (χ2v) is 2.24. The summed E-state index contributed by atoms with van der Waals surface area (Å²) >= 11 is 0. The summed E-state index contributed by atoms with van der Waals surface area (Å²) in [7, 11) is 0. The van der Waals surface area contributed by atoms with Gasteiger partial charge >= 0.3 is 5.97 Å². The van der Waals surface area contributed by atoms with E-state index in [9.17, 15) is 9.59 Å². The largest absolute Gasteiger partial charge is 0.480 e. The van der Waals surface area contributed by atoms with Gasteiger partial charge in [0.1, 0.15) is 6.04 Å². The van der Waals surface area contributed by atoms with Crippen LogP contribution in [-0.2, 0) is 9.59 Å². The lowest BCUT2D eigenvalue weighted by molar-refractivity contribution is -0.161. The third-order valence-electron chi connectivity index (χ3n) is 1.69. The van der Waals surface area contributed by atoms with Crippen molar-refractivity contribution in [1.29, 1.82) is 0 Å². The van der Waals surface area contributed by atoms with Crippen molar-refractivity contribution in [2.45, 2.75) is 19.4 Å². The minimum Gasteiger partial charge on any atom is -0.480 e. The van der Waals surface area contributed by atoms with Crippen LogP contribution in [0.25, 0.3) is 0 Å². The van der Waals surface area contributed by atoms with Crippen LogP contribution in [0.1, 0.15) is 13.3 Å². The highest BCUT2D eigenvalue weighted by atomic mass is 16.4. The molecule has 0 radical (unpaired) electrons. The Morgan fingerprint density at radius 2 is 2.50 bits per heavy atom. The first-order chi connectivity index (χ1) is 4.66. The average molecular weight is 143 g/mol. The zero-order valence-corrected chi connectivity index (χ0v) is 5.70. The van der Waals surface area contributed by atoms with Crippen molar-refractivity contribution >= 4 is 11.9 Å². The van der Waals surface area contributed by atoms with Gasteiger partial charge in [-0.15, -0.1) is 0 Å². The molecule has 0 aromatic heterocycles. The molecule has 4 nitrogen and oxygen atoms in total. The number of nitrogens with zero attached hydrogens (tertiary/aromatic N) is 1. The lowest BCUT2D eigenvalue weighted by atomic mass is 10.0. The Kier molecular flexibility index (Phi) is 1.61. The standard InChI is InChI=1S/C6H9NO3/c1-2-7-4(6(9)10)3-5(7)8/h4H,2-3H2,1H3,(H,9,10)/t4-/m0/s1. The molecule has 0 aromatic carbocycles. The molecule has 1 amide bonds. The number of carboxylic acid groups (broad SMARTS) is 1. The summed E-state index contributed by atoms with van der Waals surface area (Å²) in [5.74, 6) is -0.962. The molecular formula is C6H9NO3. The van der Waals surface area contributed by atoms with Crippen LogP contribution >= 0.6 is 0 Å². The molecule has 0 aromatic rings. The molecule has 1 atom stereocenters. The molecule has 1 aliphatic rings. The predicted octanol–water partition coefficient (Wildman–Crippen LogP) is -0.308. The van der Waals surface area contributed by atoms with Crippen molar-refractivity contribution in [3.63, 3.8) is 0 Å². The molecule has 0 spiro atoms. The fourth-order valence-corrected chi connectivity index (χ4v) is 1.07. The first-order valence-electron chi connectivity index (χ1n) is 3.19. The number of likely N-dealkylation sites (tertiary alicyclic amines) is 1. The number of aliphatic carboxylic acids is 1. The smallest absolute Gasteiger partial charge is 0.326 e. The molecule has 1 N–H and O–H groups in total. The van der Waals surface area contributed by atoms with Gasteiger partial charge in [-0.3, -0.25) is 4.79 Å².